The van der Waals surface area contributed by atoms with Crippen molar-refractivity contribution < 1.29 is 9.59 Å². The number of primary amides is 1. The van der Waals surface area contributed by atoms with Crippen molar-refractivity contribution in [3.05, 3.63) is 53.9 Å². The summed E-state index contributed by atoms with van der Waals surface area (Å²) >= 11 is 0. The van der Waals surface area contributed by atoms with E-state index in [9.17, 15) is 9.59 Å². The predicted molar refractivity (Wildman–Crippen MR) is 130 cm³/mol. The number of rotatable bonds is 7. The molecule has 3 aromatic rings. The Morgan fingerprint density at radius 2 is 2.11 bits per heavy atom. The first-order chi connectivity index (χ1) is 17.0. The van der Waals surface area contributed by atoms with Gasteiger partial charge in [-0.3, -0.25) is 14.7 Å². The Morgan fingerprint density at radius 1 is 1.23 bits per heavy atom. The van der Waals surface area contributed by atoms with Gasteiger partial charge in [0.15, 0.2) is 11.6 Å². The number of fused-ring (bicyclic) bond motifs is 1. The van der Waals surface area contributed by atoms with Crippen LogP contribution < -0.4 is 21.3 Å². The number of anilines is 3. The lowest BCUT2D eigenvalue weighted by Crippen LogP contribution is -2.47. The van der Waals surface area contributed by atoms with Crippen LogP contribution in [0.3, 0.4) is 0 Å². The Kier molecular flexibility index (Phi) is 5.24. The molecule has 0 spiro atoms. The molecule has 1 saturated carbocycles. The predicted octanol–water partition coefficient (Wildman–Crippen LogP) is 1.90. The lowest BCUT2D eigenvalue weighted by atomic mass is 10.0. The molecular weight excluding hydrogens is 446 g/mol. The minimum absolute atomic E-state index is 0.0832. The Bertz CT molecular complexity index is 1350. The molecule has 2 amide bonds. The number of hydrogen-bond donors (Lipinski definition) is 4. The molecule has 2 aliphatic carbocycles. The van der Waals surface area contributed by atoms with Crippen LogP contribution >= 0.6 is 0 Å². The maximum Gasteiger partial charge on any atom is 0.248 e. The molecule has 6 rings (SSSR count). The summed E-state index contributed by atoms with van der Waals surface area (Å²) in [5.74, 6) is 1.87. The zero-order chi connectivity index (χ0) is 23.9. The summed E-state index contributed by atoms with van der Waals surface area (Å²) in [6.07, 6.45) is 11.6. The molecule has 2 atom stereocenters. The van der Waals surface area contributed by atoms with E-state index in [0.717, 1.165) is 17.6 Å². The second-order valence-corrected chi connectivity index (χ2v) is 9.29. The molecule has 180 valence electrons. The zero-order valence-electron chi connectivity index (χ0n) is 19.1. The topological polar surface area (TPSA) is 146 Å². The van der Waals surface area contributed by atoms with Gasteiger partial charge in [0, 0.05) is 36.0 Å². The lowest BCUT2D eigenvalue weighted by molar-refractivity contribution is -0.122. The summed E-state index contributed by atoms with van der Waals surface area (Å²) in [6.45, 7) is 0.685. The van der Waals surface area contributed by atoms with Gasteiger partial charge in [-0.05, 0) is 44.2 Å². The molecule has 1 saturated heterocycles. The number of nitrogens with one attached hydrogen (secondary N) is 3. The molecule has 11 heteroatoms. The molecule has 35 heavy (non-hydrogen) atoms. The van der Waals surface area contributed by atoms with Crippen LogP contribution in [-0.2, 0) is 9.59 Å². The van der Waals surface area contributed by atoms with Crippen molar-refractivity contribution >= 4 is 34.9 Å². The Labute approximate surface area is 201 Å². The van der Waals surface area contributed by atoms with Crippen LogP contribution in [0.2, 0.25) is 0 Å². The van der Waals surface area contributed by atoms with E-state index in [2.05, 4.69) is 25.9 Å². The van der Waals surface area contributed by atoms with E-state index in [1.807, 2.05) is 35.4 Å². The highest BCUT2D eigenvalue weighted by Crippen LogP contribution is 2.39. The standard InChI is InChI=1S/C24H27N9O2/c25-21(34)15-7-9-16(10-8-15)26-23(35)19-4-1-11-32(19)24-28-22(18-3-2-12-33(18)31-24)27-20-13-17(29-30-20)14-5-6-14/h2-3,7-9,12-14,16,19H,1,4-6,10-11H2,(H2,25,34)(H,26,35)(H2,27,28,29,30,31). The Hall–Kier alpha value is -4.15. The second-order valence-electron chi connectivity index (χ2n) is 9.29. The smallest absolute Gasteiger partial charge is 0.248 e. The minimum atomic E-state index is -0.464. The third kappa shape index (κ3) is 4.25. The van der Waals surface area contributed by atoms with Crippen molar-refractivity contribution in [3.63, 3.8) is 0 Å². The van der Waals surface area contributed by atoms with E-state index in [1.165, 1.54) is 12.8 Å². The fraction of sp³-hybridized carbons (Fsp3) is 0.375. The van der Waals surface area contributed by atoms with Crippen LogP contribution in [0.4, 0.5) is 17.6 Å². The zero-order valence-corrected chi connectivity index (χ0v) is 19.1. The maximum atomic E-state index is 13.2. The maximum absolute atomic E-state index is 13.2. The van der Waals surface area contributed by atoms with Crippen molar-refractivity contribution in [3.8, 4) is 0 Å². The van der Waals surface area contributed by atoms with Gasteiger partial charge in [0.2, 0.25) is 17.8 Å². The van der Waals surface area contributed by atoms with Gasteiger partial charge in [0.25, 0.3) is 0 Å². The summed E-state index contributed by atoms with van der Waals surface area (Å²) in [7, 11) is 0. The fourth-order valence-corrected chi connectivity index (χ4v) is 4.73. The van der Waals surface area contributed by atoms with Crippen molar-refractivity contribution in [2.45, 2.75) is 50.1 Å². The molecule has 0 aromatic carbocycles. The highest BCUT2D eigenvalue weighted by molar-refractivity contribution is 5.95. The highest BCUT2D eigenvalue weighted by atomic mass is 16.2. The molecule has 4 heterocycles. The monoisotopic (exact) mass is 473 g/mol. The van der Waals surface area contributed by atoms with E-state index in [4.69, 9.17) is 10.7 Å². The summed E-state index contributed by atoms with van der Waals surface area (Å²) in [6, 6.07) is 5.33. The van der Waals surface area contributed by atoms with E-state index in [0.29, 0.717) is 48.5 Å². The number of nitrogens with two attached hydrogens (primary N) is 1. The molecule has 2 fully saturated rings. The van der Waals surface area contributed by atoms with Gasteiger partial charge >= 0.3 is 0 Å². The van der Waals surface area contributed by atoms with Crippen molar-refractivity contribution in [2.24, 2.45) is 5.73 Å². The number of hydrogen-bond acceptors (Lipinski definition) is 7. The highest BCUT2D eigenvalue weighted by Gasteiger charge is 2.34. The SMILES string of the molecule is NC(=O)C1=CCC(NC(=O)C2CCCN2c2nc(Nc3cc(C4CC4)[nH]n3)c3cccn3n2)C=C1. The van der Waals surface area contributed by atoms with Gasteiger partial charge in [-0.25, -0.2) is 4.52 Å². The number of aromatic amines is 1. The molecule has 2 unspecified atom stereocenters. The first kappa shape index (κ1) is 21.4. The van der Waals surface area contributed by atoms with E-state index in [-0.39, 0.29) is 18.0 Å². The van der Waals surface area contributed by atoms with Gasteiger partial charge in [0.05, 0.1) is 6.04 Å². The summed E-state index contributed by atoms with van der Waals surface area (Å²) in [5, 5.41) is 18.6. The van der Waals surface area contributed by atoms with Gasteiger partial charge < -0.3 is 21.3 Å². The number of carbonyl (C=O) groups is 2. The van der Waals surface area contributed by atoms with E-state index >= 15 is 0 Å². The number of aromatic nitrogens is 5. The average molecular weight is 474 g/mol. The molecule has 3 aliphatic rings. The van der Waals surface area contributed by atoms with Crippen LogP contribution in [0.25, 0.3) is 5.52 Å². The average Bonchev–Trinajstić information content (AvgIpc) is 3.24. The van der Waals surface area contributed by atoms with Crippen LogP contribution in [0.15, 0.2) is 48.2 Å². The molecule has 5 N–H and O–H groups in total. The third-order valence-corrected chi connectivity index (χ3v) is 6.77. The fourth-order valence-electron chi connectivity index (χ4n) is 4.73. The molecule has 0 radical (unpaired) electrons. The summed E-state index contributed by atoms with van der Waals surface area (Å²) in [4.78, 5) is 31.3. The normalized spacial score (nSPS) is 21.8. The van der Waals surface area contributed by atoms with Crippen LogP contribution in [-0.4, -0.2) is 55.2 Å². The van der Waals surface area contributed by atoms with Gasteiger partial charge in [-0.2, -0.15) is 10.1 Å². The lowest BCUT2D eigenvalue weighted by Gasteiger charge is -2.26. The van der Waals surface area contributed by atoms with Crippen LogP contribution in [0.5, 0.6) is 0 Å². The number of H-pyrrole nitrogens is 1. The number of amides is 2. The number of carbonyl (C=O) groups excluding carboxylic acids is 2. The third-order valence-electron chi connectivity index (χ3n) is 6.77. The van der Waals surface area contributed by atoms with Gasteiger partial charge in [0.1, 0.15) is 11.6 Å². The van der Waals surface area contributed by atoms with E-state index < -0.39 is 5.91 Å². The summed E-state index contributed by atoms with van der Waals surface area (Å²) < 4.78 is 1.77. The molecule has 1 aliphatic heterocycles. The Morgan fingerprint density at radius 3 is 2.89 bits per heavy atom. The summed E-state index contributed by atoms with van der Waals surface area (Å²) in [5.41, 5.74) is 7.76. The van der Waals surface area contributed by atoms with Crippen LogP contribution in [0, 0.1) is 0 Å². The quantitative estimate of drug-likeness (QED) is 0.410. The van der Waals surface area contributed by atoms with Crippen molar-refractivity contribution in [1.29, 1.82) is 0 Å². The Balaban J connectivity index is 1.21. The molecular formula is C24H27N9O2. The number of nitrogens with zero attached hydrogens (tertiary/aromatic N) is 5. The van der Waals surface area contributed by atoms with Crippen LogP contribution in [0.1, 0.15) is 43.7 Å². The first-order valence-electron chi connectivity index (χ1n) is 12.0. The van der Waals surface area contributed by atoms with Gasteiger partial charge in [-0.1, -0.05) is 18.2 Å². The largest absolute Gasteiger partial charge is 0.366 e. The molecule has 3 aromatic heterocycles. The minimum Gasteiger partial charge on any atom is -0.366 e. The van der Waals surface area contributed by atoms with Crippen molar-refractivity contribution in [1.82, 2.24) is 30.1 Å². The van der Waals surface area contributed by atoms with E-state index in [1.54, 1.807) is 16.7 Å². The molecule has 11 nitrogen and oxygen atoms in total. The first-order valence-corrected chi connectivity index (χ1v) is 12.0. The second kappa shape index (κ2) is 8.57. The van der Waals surface area contributed by atoms with Crippen molar-refractivity contribution in [2.75, 3.05) is 16.8 Å². The van der Waals surface area contributed by atoms with Gasteiger partial charge in [-0.15, -0.1) is 5.10 Å². The molecule has 0 bridgehead atoms.